The standard InChI is InChI=1S/C15H21BrN2O/c1-2-9-18(10-12-3-4-12)11-15(19)17-14-7-5-13(16)6-8-14/h5-8,12H,2-4,9-11H2,1H3,(H,17,19). The molecule has 0 atom stereocenters. The zero-order chi connectivity index (χ0) is 13.7. The third-order valence-corrected chi connectivity index (χ3v) is 3.78. The average Bonchev–Trinajstić information content (AvgIpc) is 3.16. The molecule has 0 aliphatic heterocycles. The van der Waals surface area contributed by atoms with E-state index in [2.05, 4.69) is 33.1 Å². The molecule has 0 aromatic heterocycles. The third kappa shape index (κ3) is 5.33. The van der Waals surface area contributed by atoms with Crippen LogP contribution < -0.4 is 5.32 Å². The maximum atomic E-state index is 12.0. The lowest BCUT2D eigenvalue weighted by atomic mass is 10.3. The van der Waals surface area contributed by atoms with E-state index in [1.54, 1.807) is 0 Å². The molecule has 1 fully saturated rings. The number of benzene rings is 1. The molecule has 2 rings (SSSR count). The van der Waals surface area contributed by atoms with Crippen molar-refractivity contribution in [2.45, 2.75) is 26.2 Å². The van der Waals surface area contributed by atoms with E-state index >= 15 is 0 Å². The van der Waals surface area contributed by atoms with Crippen molar-refractivity contribution in [2.75, 3.05) is 25.0 Å². The lowest BCUT2D eigenvalue weighted by Gasteiger charge is -2.20. The molecule has 4 heteroatoms. The molecule has 0 heterocycles. The van der Waals surface area contributed by atoms with E-state index in [4.69, 9.17) is 0 Å². The van der Waals surface area contributed by atoms with Crippen molar-refractivity contribution in [3.05, 3.63) is 28.7 Å². The molecule has 104 valence electrons. The number of anilines is 1. The van der Waals surface area contributed by atoms with Gasteiger partial charge in [0.25, 0.3) is 0 Å². The summed E-state index contributed by atoms with van der Waals surface area (Å²) in [7, 11) is 0. The molecule has 1 aliphatic rings. The predicted molar refractivity (Wildman–Crippen MR) is 82.2 cm³/mol. The minimum Gasteiger partial charge on any atom is -0.325 e. The zero-order valence-corrected chi connectivity index (χ0v) is 12.9. The first-order valence-electron chi connectivity index (χ1n) is 6.95. The van der Waals surface area contributed by atoms with Crippen molar-refractivity contribution >= 4 is 27.5 Å². The van der Waals surface area contributed by atoms with Crippen LogP contribution in [0.25, 0.3) is 0 Å². The Balaban J connectivity index is 1.82. The maximum Gasteiger partial charge on any atom is 0.238 e. The summed E-state index contributed by atoms with van der Waals surface area (Å²) in [6, 6.07) is 7.69. The topological polar surface area (TPSA) is 32.3 Å². The molecule has 1 aromatic carbocycles. The number of halogens is 1. The Kier molecular flexibility index (Phi) is 5.40. The summed E-state index contributed by atoms with van der Waals surface area (Å²) in [5, 5.41) is 2.95. The van der Waals surface area contributed by atoms with E-state index in [0.717, 1.165) is 35.6 Å². The van der Waals surface area contributed by atoms with Gasteiger partial charge in [0.1, 0.15) is 0 Å². The van der Waals surface area contributed by atoms with Gasteiger partial charge < -0.3 is 5.32 Å². The highest BCUT2D eigenvalue weighted by atomic mass is 79.9. The Morgan fingerprint density at radius 2 is 2.05 bits per heavy atom. The van der Waals surface area contributed by atoms with Gasteiger partial charge >= 0.3 is 0 Å². The second kappa shape index (κ2) is 7.06. The summed E-state index contributed by atoms with van der Waals surface area (Å²) in [6.07, 6.45) is 3.75. The highest BCUT2D eigenvalue weighted by Crippen LogP contribution is 2.29. The van der Waals surface area contributed by atoms with Gasteiger partial charge in [-0.1, -0.05) is 22.9 Å². The van der Waals surface area contributed by atoms with Crippen LogP contribution in [0, 0.1) is 5.92 Å². The smallest absolute Gasteiger partial charge is 0.238 e. The number of nitrogens with zero attached hydrogens (tertiary/aromatic N) is 1. The van der Waals surface area contributed by atoms with Crippen LogP contribution >= 0.6 is 15.9 Å². The molecular weight excluding hydrogens is 304 g/mol. The molecule has 1 aromatic rings. The van der Waals surface area contributed by atoms with Crippen molar-refractivity contribution < 1.29 is 4.79 Å². The van der Waals surface area contributed by atoms with Crippen LogP contribution in [-0.2, 0) is 4.79 Å². The number of rotatable bonds is 7. The van der Waals surface area contributed by atoms with Crippen LogP contribution in [0.15, 0.2) is 28.7 Å². The summed E-state index contributed by atoms with van der Waals surface area (Å²) in [5.41, 5.74) is 0.857. The van der Waals surface area contributed by atoms with Crippen molar-refractivity contribution in [1.82, 2.24) is 4.90 Å². The van der Waals surface area contributed by atoms with E-state index in [9.17, 15) is 4.79 Å². The second-order valence-electron chi connectivity index (χ2n) is 5.23. The highest BCUT2D eigenvalue weighted by Gasteiger charge is 2.24. The van der Waals surface area contributed by atoms with E-state index in [0.29, 0.717) is 6.54 Å². The third-order valence-electron chi connectivity index (χ3n) is 3.25. The lowest BCUT2D eigenvalue weighted by Crippen LogP contribution is -2.35. The van der Waals surface area contributed by atoms with Gasteiger partial charge in [-0.05, 0) is 56.0 Å². The van der Waals surface area contributed by atoms with Gasteiger partial charge in [0, 0.05) is 16.7 Å². The van der Waals surface area contributed by atoms with Crippen LogP contribution in [-0.4, -0.2) is 30.4 Å². The number of amides is 1. The quantitative estimate of drug-likeness (QED) is 0.832. The first-order chi connectivity index (χ1) is 9.17. The van der Waals surface area contributed by atoms with Crippen molar-refractivity contribution in [2.24, 2.45) is 5.92 Å². The van der Waals surface area contributed by atoms with Crippen LogP contribution in [0.4, 0.5) is 5.69 Å². The van der Waals surface area contributed by atoms with E-state index in [-0.39, 0.29) is 5.91 Å². The fourth-order valence-electron chi connectivity index (χ4n) is 2.15. The van der Waals surface area contributed by atoms with Crippen LogP contribution in [0.1, 0.15) is 26.2 Å². The molecule has 0 bridgehead atoms. The normalized spacial score (nSPS) is 14.7. The Hall–Kier alpha value is -0.870. The van der Waals surface area contributed by atoms with Gasteiger partial charge in [0.15, 0.2) is 0 Å². The first kappa shape index (κ1) is 14.5. The minimum atomic E-state index is 0.0800. The average molecular weight is 325 g/mol. The monoisotopic (exact) mass is 324 g/mol. The number of carbonyl (C=O) groups is 1. The van der Waals surface area contributed by atoms with Gasteiger partial charge in [0.2, 0.25) is 5.91 Å². The van der Waals surface area contributed by atoms with Crippen molar-refractivity contribution in [3.63, 3.8) is 0 Å². The number of carbonyl (C=O) groups excluding carboxylic acids is 1. The molecule has 0 spiro atoms. The van der Waals surface area contributed by atoms with E-state index in [1.165, 1.54) is 12.8 Å². The van der Waals surface area contributed by atoms with Crippen molar-refractivity contribution in [1.29, 1.82) is 0 Å². The number of hydrogen-bond acceptors (Lipinski definition) is 2. The zero-order valence-electron chi connectivity index (χ0n) is 11.4. The van der Waals surface area contributed by atoms with Gasteiger partial charge in [0.05, 0.1) is 6.54 Å². The summed E-state index contributed by atoms with van der Waals surface area (Å²) in [6.45, 7) is 4.73. The molecule has 1 saturated carbocycles. The lowest BCUT2D eigenvalue weighted by molar-refractivity contribution is -0.117. The maximum absolute atomic E-state index is 12.0. The SMILES string of the molecule is CCCN(CC(=O)Nc1ccc(Br)cc1)CC1CC1. The van der Waals surface area contributed by atoms with E-state index < -0.39 is 0 Å². The molecule has 1 aliphatic carbocycles. The summed E-state index contributed by atoms with van der Waals surface area (Å²) in [4.78, 5) is 14.3. The fraction of sp³-hybridized carbons (Fsp3) is 0.533. The second-order valence-corrected chi connectivity index (χ2v) is 6.15. The van der Waals surface area contributed by atoms with Gasteiger partial charge in [-0.3, -0.25) is 9.69 Å². The molecule has 0 unspecified atom stereocenters. The van der Waals surface area contributed by atoms with Crippen LogP contribution in [0.3, 0.4) is 0 Å². The Bertz CT molecular complexity index is 415. The molecule has 0 radical (unpaired) electrons. The fourth-order valence-corrected chi connectivity index (χ4v) is 2.42. The van der Waals surface area contributed by atoms with Crippen LogP contribution in [0.5, 0.6) is 0 Å². The highest BCUT2D eigenvalue weighted by molar-refractivity contribution is 9.10. The molecule has 3 nitrogen and oxygen atoms in total. The molecule has 1 N–H and O–H groups in total. The molecule has 19 heavy (non-hydrogen) atoms. The number of hydrogen-bond donors (Lipinski definition) is 1. The Labute approximate surface area is 123 Å². The predicted octanol–water partition coefficient (Wildman–Crippen LogP) is 3.51. The van der Waals surface area contributed by atoms with Gasteiger partial charge in [-0.2, -0.15) is 0 Å². The van der Waals surface area contributed by atoms with Crippen LogP contribution in [0.2, 0.25) is 0 Å². The molecular formula is C15H21BrN2O. The van der Waals surface area contributed by atoms with Gasteiger partial charge in [-0.25, -0.2) is 0 Å². The molecule has 0 saturated heterocycles. The van der Waals surface area contributed by atoms with E-state index in [1.807, 2.05) is 24.3 Å². The Morgan fingerprint density at radius 3 is 2.63 bits per heavy atom. The Morgan fingerprint density at radius 1 is 1.37 bits per heavy atom. The largest absolute Gasteiger partial charge is 0.325 e. The van der Waals surface area contributed by atoms with Crippen molar-refractivity contribution in [3.8, 4) is 0 Å². The number of nitrogens with one attached hydrogen (secondary N) is 1. The molecule has 1 amide bonds. The first-order valence-corrected chi connectivity index (χ1v) is 7.74. The minimum absolute atomic E-state index is 0.0800. The summed E-state index contributed by atoms with van der Waals surface area (Å²) in [5.74, 6) is 0.906. The van der Waals surface area contributed by atoms with Gasteiger partial charge in [-0.15, -0.1) is 0 Å². The summed E-state index contributed by atoms with van der Waals surface area (Å²) < 4.78 is 1.02. The summed E-state index contributed by atoms with van der Waals surface area (Å²) >= 11 is 3.39.